The van der Waals surface area contributed by atoms with Crippen LogP contribution in [0.1, 0.15) is 10.4 Å². The molecule has 0 radical (unpaired) electrons. The number of esters is 1. The van der Waals surface area contributed by atoms with Crippen molar-refractivity contribution in [2.24, 2.45) is 0 Å². The van der Waals surface area contributed by atoms with Crippen LogP contribution in [0, 0.1) is 0 Å². The number of carbonyl (C=O) groups is 2. The van der Waals surface area contributed by atoms with E-state index in [9.17, 15) is 22.8 Å². The summed E-state index contributed by atoms with van der Waals surface area (Å²) >= 11 is 0. The average molecular weight is 361 g/mol. The predicted molar refractivity (Wildman–Crippen MR) is 82.7 cm³/mol. The summed E-state index contributed by atoms with van der Waals surface area (Å²) in [6.45, 7) is 1.22. The van der Waals surface area contributed by atoms with Gasteiger partial charge in [0.2, 0.25) is 0 Å². The fourth-order valence-corrected chi connectivity index (χ4v) is 1.89. The molecular formula is C16H18F3NO5. The molecule has 0 saturated carbocycles. The minimum atomic E-state index is -4.55. The van der Waals surface area contributed by atoms with Gasteiger partial charge in [0.15, 0.2) is 18.1 Å². The van der Waals surface area contributed by atoms with E-state index in [1.165, 1.54) is 38.5 Å². The van der Waals surface area contributed by atoms with Gasteiger partial charge < -0.3 is 19.1 Å². The third-order valence-corrected chi connectivity index (χ3v) is 2.99. The molecule has 0 aliphatic carbocycles. The van der Waals surface area contributed by atoms with Gasteiger partial charge in [-0.15, -0.1) is 6.58 Å². The molecule has 0 aliphatic rings. The Labute approximate surface area is 142 Å². The van der Waals surface area contributed by atoms with E-state index >= 15 is 0 Å². The second-order valence-corrected chi connectivity index (χ2v) is 4.82. The Morgan fingerprint density at radius 2 is 1.92 bits per heavy atom. The van der Waals surface area contributed by atoms with Crippen molar-refractivity contribution in [1.82, 2.24) is 4.90 Å². The molecule has 0 heterocycles. The number of benzene rings is 1. The van der Waals surface area contributed by atoms with E-state index in [0.717, 1.165) is 0 Å². The van der Waals surface area contributed by atoms with Gasteiger partial charge in [-0.05, 0) is 18.2 Å². The van der Waals surface area contributed by atoms with Crippen molar-refractivity contribution >= 4 is 11.9 Å². The maximum atomic E-state index is 12.6. The number of hydrogen-bond donors (Lipinski definition) is 0. The maximum absolute atomic E-state index is 12.6. The van der Waals surface area contributed by atoms with Crippen LogP contribution in [-0.2, 0) is 9.53 Å². The fraction of sp³-hybridized carbons (Fsp3) is 0.375. The third kappa shape index (κ3) is 6.36. The standard InChI is InChI=1S/C16H18F3NO5/c1-4-7-20(10-16(17,18)19)15(22)11-5-6-12(23-2)13(8-11)25-9-14(21)24-3/h4-6,8H,1,7,9-10H2,2-3H3. The minimum absolute atomic E-state index is 0.0318. The van der Waals surface area contributed by atoms with Gasteiger partial charge in [-0.2, -0.15) is 13.2 Å². The molecule has 0 saturated heterocycles. The van der Waals surface area contributed by atoms with Gasteiger partial charge in [0, 0.05) is 12.1 Å². The summed E-state index contributed by atoms with van der Waals surface area (Å²) < 4.78 is 52.6. The molecule has 0 bridgehead atoms. The lowest BCUT2D eigenvalue weighted by molar-refractivity contribution is -0.143. The number of carbonyl (C=O) groups excluding carboxylic acids is 2. The van der Waals surface area contributed by atoms with Crippen molar-refractivity contribution in [2.75, 3.05) is 33.9 Å². The zero-order valence-electron chi connectivity index (χ0n) is 13.8. The monoisotopic (exact) mass is 361 g/mol. The molecule has 138 valence electrons. The summed E-state index contributed by atoms with van der Waals surface area (Å²) in [4.78, 5) is 24.1. The Bertz CT molecular complexity index is 631. The van der Waals surface area contributed by atoms with E-state index < -0.39 is 31.2 Å². The number of ether oxygens (including phenoxy) is 3. The van der Waals surface area contributed by atoms with Crippen LogP contribution >= 0.6 is 0 Å². The zero-order chi connectivity index (χ0) is 19.0. The van der Waals surface area contributed by atoms with Gasteiger partial charge in [0.05, 0.1) is 14.2 Å². The van der Waals surface area contributed by atoms with Crippen molar-refractivity contribution in [2.45, 2.75) is 6.18 Å². The van der Waals surface area contributed by atoms with E-state index in [2.05, 4.69) is 11.3 Å². The number of nitrogens with zero attached hydrogens (tertiary/aromatic N) is 1. The summed E-state index contributed by atoms with van der Waals surface area (Å²) in [7, 11) is 2.52. The van der Waals surface area contributed by atoms with Crippen LogP contribution in [0.5, 0.6) is 11.5 Å². The molecular weight excluding hydrogens is 343 g/mol. The predicted octanol–water partition coefficient (Wildman–Crippen LogP) is 2.44. The van der Waals surface area contributed by atoms with Crippen LogP contribution in [0.3, 0.4) is 0 Å². The first-order chi connectivity index (χ1) is 11.7. The first-order valence-electron chi connectivity index (χ1n) is 7.06. The van der Waals surface area contributed by atoms with Crippen molar-refractivity contribution < 1.29 is 37.0 Å². The summed E-state index contributed by atoms with van der Waals surface area (Å²) in [6, 6.07) is 3.87. The number of alkyl halides is 3. The molecule has 0 N–H and O–H groups in total. The second kappa shape index (κ2) is 8.95. The smallest absolute Gasteiger partial charge is 0.406 e. The van der Waals surface area contributed by atoms with Gasteiger partial charge in [-0.1, -0.05) is 6.08 Å². The molecule has 1 amide bonds. The van der Waals surface area contributed by atoms with E-state index in [4.69, 9.17) is 9.47 Å². The molecule has 0 fully saturated rings. The highest BCUT2D eigenvalue weighted by Gasteiger charge is 2.33. The van der Waals surface area contributed by atoms with Crippen LogP contribution in [0.15, 0.2) is 30.9 Å². The number of rotatable bonds is 8. The van der Waals surface area contributed by atoms with Crippen LogP contribution in [0.4, 0.5) is 13.2 Å². The normalized spacial score (nSPS) is 10.8. The second-order valence-electron chi connectivity index (χ2n) is 4.82. The highest BCUT2D eigenvalue weighted by Crippen LogP contribution is 2.29. The largest absolute Gasteiger partial charge is 0.493 e. The van der Waals surface area contributed by atoms with E-state index in [1.54, 1.807) is 0 Å². The number of amides is 1. The van der Waals surface area contributed by atoms with Crippen LogP contribution in [-0.4, -0.2) is 56.9 Å². The van der Waals surface area contributed by atoms with Gasteiger partial charge in [0.25, 0.3) is 5.91 Å². The summed E-state index contributed by atoms with van der Waals surface area (Å²) in [5, 5.41) is 0. The van der Waals surface area contributed by atoms with E-state index in [1.807, 2.05) is 0 Å². The SMILES string of the molecule is C=CCN(CC(F)(F)F)C(=O)c1ccc(OC)c(OCC(=O)OC)c1. The summed E-state index contributed by atoms with van der Waals surface area (Å²) in [5.74, 6) is -1.28. The quantitative estimate of drug-likeness (QED) is 0.526. The molecule has 0 atom stereocenters. The van der Waals surface area contributed by atoms with Crippen molar-refractivity contribution in [3.05, 3.63) is 36.4 Å². The first-order valence-corrected chi connectivity index (χ1v) is 7.06. The highest BCUT2D eigenvalue weighted by molar-refractivity contribution is 5.95. The van der Waals surface area contributed by atoms with Crippen LogP contribution in [0.25, 0.3) is 0 Å². The maximum Gasteiger partial charge on any atom is 0.406 e. The summed E-state index contributed by atoms with van der Waals surface area (Å²) in [5.41, 5.74) is -0.0493. The van der Waals surface area contributed by atoms with E-state index in [0.29, 0.717) is 4.90 Å². The lowest BCUT2D eigenvalue weighted by atomic mass is 10.1. The number of hydrogen-bond acceptors (Lipinski definition) is 5. The fourth-order valence-electron chi connectivity index (χ4n) is 1.89. The molecule has 1 aromatic carbocycles. The Morgan fingerprint density at radius 3 is 2.44 bits per heavy atom. The molecule has 0 aromatic heterocycles. The topological polar surface area (TPSA) is 65.1 Å². The average Bonchev–Trinajstić information content (AvgIpc) is 2.57. The van der Waals surface area contributed by atoms with Crippen LogP contribution < -0.4 is 9.47 Å². The lowest BCUT2D eigenvalue weighted by Crippen LogP contribution is -2.39. The van der Waals surface area contributed by atoms with Crippen molar-refractivity contribution in [3.8, 4) is 11.5 Å². The first kappa shape index (κ1) is 20.3. The zero-order valence-corrected chi connectivity index (χ0v) is 13.8. The van der Waals surface area contributed by atoms with Crippen molar-refractivity contribution in [3.63, 3.8) is 0 Å². The molecule has 1 rings (SSSR count). The minimum Gasteiger partial charge on any atom is -0.493 e. The Kier molecular flexibility index (Phi) is 7.28. The Balaban J connectivity index is 3.07. The van der Waals surface area contributed by atoms with Crippen molar-refractivity contribution in [1.29, 1.82) is 0 Å². The molecule has 6 nitrogen and oxygen atoms in total. The van der Waals surface area contributed by atoms with Crippen LogP contribution in [0.2, 0.25) is 0 Å². The summed E-state index contributed by atoms with van der Waals surface area (Å²) in [6.07, 6.45) is -3.35. The third-order valence-electron chi connectivity index (χ3n) is 2.99. The Morgan fingerprint density at radius 1 is 1.24 bits per heavy atom. The molecule has 9 heteroatoms. The molecule has 25 heavy (non-hydrogen) atoms. The molecule has 1 aromatic rings. The van der Waals surface area contributed by atoms with Gasteiger partial charge in [0.1, 0.15) is 6.54 Å². The lowest BCUT2D eigenvalue weighted by Gasteiger charge is -2.23. The number of halogens is 3. The Hall–Kier alpha value is -2.71. The van der Waals surface area contributed by atoms with Gasteiger partial charge >= 0.3 is 12.1 Å². The molecule has 0 spiro atoms. The molecule has 0 unspecified atom stereocenters. The highest BCUT2D eigenvalue weighted by atomic mass is 19.4. The van der Waals surface area contributed by atoms with Gasteiger partial charge in [-0.25, -0.2) is 4.79 Å². The number of methoxy groups -OCH3 is 2. The van der Waals surface area contributed by atoms with Gasteiger partial charge in [-0.3, -0.25) is 4.79 Å². The van der Waals surface area contributed by atoms with E-state index in [-0.39, 0.29) is 23.6 Å². The molecule has 0 aliphatic heterocycles.